The van der Waals surface area contributed by atoms with Crippen LogP contribution in [0.4, 0.5) is 0 Å². The molecule has 5 heteroatoms. The summed E-state index contributed by atoms with van der Waals surface area (Å²) in [6, 6.07) is 21.4. The number of ether oxygens (including phenoxy) is 2. The van der Waals surface area contributed by atoms with E-state index in [9.17, 15) is 9.90 Å². The summed E-state index contributed by atoms with van der Waals surface area (Å²) < 4.78 is 11.1. The van der Waals surface area contributed by atoms with E-state index in [1.165, 1.54) is 25.5 Å². The SMILES string of the molecule is COc1ccc(/C=C/C(=O)Cc2ccccc2COc2ccc(C3CCN(C)CC3)cc2)cc1O. The zero-order valence-electron chi connectivity index (χ0n) is 20.4. The maximum Gasteiger partial charge on any atom is 0.160 e. The molecule has 0 radical (unpaired) electrons. The van der Waals surface area contributed by atoms with Crippen LogP contribution in [0.2, 0.25) is 0 Å². The van der Waals surface area contributed by atoms with Crippen LogP contribution in [0.5, 0.6) is 17.2 Å². The maximum absolute atomic E-state index is 12.6. The Morgan fingerprint density at radius 1 is 1.03 bits per heavy atom. The molecule has 1 heterocycles. The van der Waals surface area contributed by atoms with E-state index in [0.717, 1.165) is 35.5 Å². The van der Waals surface area contributed by atoms with Gasteiger partial charge in [-0.15, -0.1) is 0 Å². The molecule has 0 unspecified atom stereocenters. The van der Waals surface area contributed by atoms with E-state index in [1.807, 2.05) is 24.3 Å². The number of carbonyl (C=O) groups excluding carboxylic acids is 1. The first-order valence-corrected chi connectivity index (χ1v) is 12.1. The molecule has 0 bridgehead atoms. The number of carbonyl (C=O) groups is 1. The van der Waals surface area contributed by atoms with Gasteiger partial charge in [-0.3, -0.25) is 4.79 Å². The van der Waals surface area contributed by atoms with Crippen molar-refractivity contribution in [2.24, 2.45) is 0 Å². The first-order valence-electron chi connectivity index (χ1n) is 12.1. The van der Waals surface area contributed by atoms with Crippen molar-refractivity contribution < 1.29 is 19.4 Å². The van der Waals surface area contributed by atoms with Gasteiger partial charge in [-0.05, 0) is 91.5 Å². The fourth-order valence-corrected chi connectivity index (χ4v) is 4.46. The van der Waals surface area contributed by atoms with Crippen LogP contribution in [0.15, 0.2) is 72.8 Å². The topological polar surface area (TPSA) is 59.0 Å². The van der Waals surface area contributed by atoms with Gasteiger partial charge < -0.3 is 19.5 Å². The van der Waals surface area contributed by atoms with Crippen LogP contribution in [-0.2, 0) is 17.8 Å². The quantitative estimate of drug-likeness (QED) is 0.411. The average Bonchev–Trinajstić information content (AvgIpc) is 2.88. The minimum absolute atomic E-state index is 0.0183. The number of methoxy groups -OCH3 is 1. The summed E-state index contributed by atoms with van der Waals surface area (Å²) in [6.45, 7) is 2.71. The van der Waals surface area contributed by atoms with Crippen molar-refractivity contribution in [3.63, 3.8) is 0 Å². The Labute approximate surface area is 207 Å². The molecule has 0 aromatic heterocycles. The molecule has 1 saturated heterocycles. The molecule has 0 spiro atoms. The highest BCUT2D eigenvalue weighted by atomic mass is 16.5. The van der Waals surface area contributed by atoms with Gasteiger partial charge in [0.2, 0.25) is 0 Å². The van der Waals surface area contributed by atoms with Crippen molar-refractivity contribution in [1.29, 1.82) is 0 Å². The number of rotatable bonds is 9. The Kier molecular flexibility index (Phi) is 8.22. The standard InChI is InChI=1S/C30H33NO4/c1-31-17-15-24(16-18-31)23-9-12-28(13-10-23)35-21-26-6-4-3-5-25(26)20-27(32)11-7-22-8-14-30(34-2)29(33)19-22/h3-14,19,24,33H,15-18,20-21H2,1-2H3/b11-7+. The normalized spacial score (nSPS) is 14.8. The van der Waals surface area contributed by atoms with Crippen LogP contribution in [0.25, 0.3) is 6.08 Å². The van der Waals surface area contributed by atoms with Gasteiger partial charge >= 0.3 is 0 Å². The Hall–Kier alpha value is -3.57. The highest BCUT2D eigenvalue weighted by molar-refractivity contribution is 5.95. The zero-order chi connectivity index (χ0) is 24.6. The van der Waals surface area contributed by atoms with Crippen molar-refractivity contribution in [2.75, 3.05) is 27.2 Å². The lowest BCUT2D eigenvalue weighted by Gasteiger charge is -2.29. The van der Waals surface area contributed by atoms with Crippen molar-refractivity contribution in [1.82, 2.24) is 4.90 Å². The third-order valence-corrected chi connectivity index (χ3v) is 6.61. The van der Waals surface area contributed by atoms with Gasteiger partial charge in [0.05, 0.1) is 7.11 Å². The molecule has 0 atom stereocenters. The Morgan fingerprint density at radius 3 is 2.43 bits per heavy atom. The number of benzene rings is 3. The molecule has 182 valence electrons. The lowest BCUT2D eigenvalue weighted by atomic mass is 9.90. The lowest BCUT2D eigenvalue weighted by molar-refractivity contribution is -0.113. The van der Waals surface area contributed by atoms with Gasteiger partial charge in [0.15, 0.2) is 17.3 Å². The molecule has 0 saturated carbocycles. The van der Waals surface area contributed by atoms with Crippen LogP contribution >= 0.6 is 0 Å². The number of piperidine rings is 1. The van der Waals surface area contributed by atoms with Crippen LogP contribution in [-0.4, -0.2) is 43.0 Å². The number of phenolic OH excluding ortho intramolecular Hbond substituents is 1. The van der Waals surface area contributed by atoms with Gasteiger partial charge in [-0.1, -0.05) is 48.5 Å². The fourth-order valence-electron chi connectivity index (χ4n) is 4.46. The van der Waals surface area contributed by atoms with Gasteiger partial charge in [-0.2, -0.15) is 0 Å². The maximum atomic E-state index is 12.6. The molecule has 3 aromatic carbocycles. The Balaban J connectivity index is 1.34. The number of ketones is 1. The van der Waals surface area contributed by atoms with Crippen molar-refractivity contribution >= 4 is 11.9 Å². The summed E-state index contributed by atoms with van der Waals surface area (Å²) in [4.78, 5) is 15.0. The highest BCUT2D eigenvalue weighted by Gasteiger charge is 2.18. The molecule has 0 amide bonds. The zero-order valence-corrected chi connectivity index (χ0v) is 20.4. The lowest BCUT2D eigenvalue weighted by Crippen LogP contribution is -2.29. The third kappa shape index (κ3) is 6.74. The molecule has 5 nitrogen and oxygen atoms in total. The van der Waals surface area contributed by atoms with E-state index in [2.05, 4.69) is 36.2 Å². The van der Waals surface area contributed by atoms with Crippen molar-refractivity contribution in [3.8, 4) is 17.2 Å². The number of nitrogens with zero attached hydrogens (tertiary/aromatic N) is 1. The van der Waals surface area contributed by atoms with E-state index in [1.54, 1.807) is 30.4 Å². The third-order valence-electron chi connectivity index (χ3n) is 6.61. The number of allylic oxidation sites excluding steroid dienone is 1. The van der Waals surface area contributed by atoms with Crippen LogP contribution in [0, 0.1) is 0 Å². The van der Waals surface area contributed by atoms with E-state index in [0.29, 0.717) is 18.3 Å². The van der Waals surface area contributed by atoms with Crippen LogP contribution in [0.3, 0.4) is 0 Å². The predicted octanol–water partition coefficient (Wildman–Crippen LogP) is 5.61. The summed E-state index contributed by atoms with van der Waals surface area (Å²) in [6.07, 6.45) is 5.93. The number of phenols is 1. The van der Waals surface area contributed by atoms with E-state index in [-0.39, 0.29) is 18.0 Å². The Morgan fingerprint density at radius 2 is 1.74 bits per heavy atom. The molecule has 35 heavy (non-hydrogen) atoms. The van der Waals surface area contributed by atoms with Crippen LogP contribution < -0.4 is 9.47 Å². The molecule has 4 rings (SSSR count). The van der Waals surface area contributed by atoms with Crippen molar-refractivity contribution in [2.45, 2.75) is 31.8 Å². The first kappa shape index (κ1) is 24.6. The Bertz CT molecular complexity index is 1160. The average molecular weight is 472 g/mol. The number of likely N-dealkylation sites (tertiary alicyclic amines) is 1. The van der Waals surface area contributed by atoms with Crippen LogP contribution in [0.1, 0.15) is 41.0 Å². The molecule has 3 aromatic rings. The highest BCUT2D eigenvalue weighted by Crippen LogP contribution is 2.29. The van der Waals surface area contributed by atoms with Crippen molar-refractivity contribution in [3.05, 3.63) is 95.1 Å². The number of hydrogen-bond acceptors (Lipinski definition) is 5. The molecule has 1 N–H and O–H groups in total. The molecule has 1 aliphatic heterocycles. The minimum Gasteiger partial charge on any atom is -0.504 e. The van der Waals surface area contributed by atoms with Gasteiger partial charge in [0.1, 0.15) is 12.4 Å². The molecule has 1 aliphatic rings. The summed E-state index contributed by atoms with van der Waals surface area (Å²) in [5, 5.41) is 9.91. The molecule has 1 fully saturated rings. The first-order chi connectivity index (χ1) is 17.0. The van der Waals surface area contributed by atoms with E-state index >= 15 is 0 Å². The van der Waals surface area contributed by atoms with Gasteiger partial charge in [-0.25, -0.2) is 0 Å². The smallest absolute Gasteiger partial charge is 0.160 e. The number of hydrogen-bond donors (Lipinski definition) is 1. The second-order valence-corrected chi connectivity index (χ2v) is 9.11. The second kappa shape index (κ2) is 11.7. The van der Waals surface area contributed by atoms with Gasteiger partial charge in [0.25, 0.3) is 0 Å². The molecular formula is C30H33NO4. The predicted molar refractivity (Wildman–Crippen MR) is 139 cm³/mol. The van der Waals surface area contributed by atoms with E-state index < -0.39 is 0 Å². The summed E-state index contributed by atoms with van der Waals surface area (Å²) in [5.41, 5.74) is 4.06. The summed E-state index contributed by atoms with van der Waals surface area (Å²) in [5.74, 6) is 1.89. The number of aromatic hydroxyl groups is 1. The second-order valence-electron chi connectivity index (χ2n) is 9.11. The van der Waals surface area contributed by atoms with E-state index in [4.69, 9.17) is 9.47 Å². The summed E-state index contributed by atoms with van der Waals surface area (Å²) >= 11 is 0. The monoisotopic (exact) mass is 471 g/mol. The minimum atomic E-state index is -0.0183. The largest absolute Gasteiger partial charge is 0.504 e. The molecule has 0 aliphatic carbocycles. The molecular weight excluding hydrogens is 438 g/mol. The summed E-state index contributed by atoms with van der Waals surface area (Å²) in [7, 11) is 3.68. The fraction of sp³-hybridized carbons (Fsp3) is 0.300. The van der Waals surface area contributed by atoms with Gasteiger partial charge in [0, 0.05) is 6.42 Å².